The van der Waals surface area contributed by atoms with Crippen LogP contribution in [0.2, 0.25) is 0 Å². The maximum atomic E-state index is 5.57. The maximum Gasteiger partial charge on any atom is 0.154 e. The summed E-state index contributed by atoms with van der Waals surface area (Å²) in [6.07, 6.45) is 7.14. The molecule has 3 heterocycles. The number of nitrogens with zero attached hydrogens (tertiary/aromatic N) is 4. The first-order valence-electron chi connectivity index (χ1n) is 8.37. The molecule has 0 N–H and O–H groups in total. The van der Waals surface area contributed by atoms with Crippen LogP contribution in [-0.4, -0.2) is 26.4 Å². The largest absolute Gasteiger partial charge is 0.359 e. The predicted molar refractivity (Wildman–Crippen MR) is 85.5 cm³/mol. The summed E-state index contributed by atoms with van der Waals surface area (Å²) in [5, 5.41) is 8.65. The van der Waals surface area contributed by atoms with Crippen LogP contribution in [0.1, 0.15) is 61.4 Å². The van der Waals surface area contributed by atoms with E-state index in [-0.39, 0.29) is 0 Å². The first-order valence-corrected chi connectivity index (χ1v) is 8.37. The summed E-state index contributed by atoms with van der Waals surface area (Å²) in [5.41, 5.74) is 3.43. The van der Waals surface area contributed by atoms with Crippen LogP contribution in [0.5, 0.6) is 0 Å². The average molecular weight is 302 g/mol. The van der Waals surface area contributed by atoms with E-state index in [0.717, 1.165) is 43.2 Å². The van der Waals surface area contributed by atoms with E-state index >= 15 is 0 Å². The van der Waals surface area contributed by atoms with Crippen molar-refractivity contribution in [2.75, 3.05) is 6.54 Å². The van der Waals surface area contributed by atoms with E-state index in [1.807, 2.05) is 11.6 Å². The van der Waals surface area contributed by atoms with Crippen LogP contribution in [0.3, 0.4) is 0 Å². The number of aromatic nitrogens is 3. The van der Waals surface area contributed by atoms with E-state index in [2.05, 4.69) is 41.3 Å². The Kier molecular flexibility index (Phi) is 4.62. The SMILES string of the molecule is CCn1cc(CN2CCCCCC2c2cc(C)no2)c(C)n1. The van der Waals surface area contributed by atoms with Crippen molar-refractivity contribution in [3.05, 3.63) is 35.0 Å². The van der Waals surface area contributed by atoms with Crippen LogP contribution in [0, 0.1) is 13.8 Å². The van der Waals surface area contributed by atoms with Gasteiger partial charge in [0.05, 0.1) is 17.4 Å². The molecule has 1 aliphatic heterocycles. The molecule has 5 heteroatoms. The molecule has 1 fully saturated rings. The molecule has 5 nitrogen and oxygen atoms in total. The summed E-state index contributed by atoms with van der Waals surface area (Å²) in [5.74, 6) is 1.01. The van der Waals surface area contributed by atoms with Crippen molar-refractivity contribution in [2.45, 2.75) is 65.6 Å². The molecular weight excluding hydrogens is 276 g/mol. The molecule has 0 spiro atoms. The summed E-state index contributed by atoms with van der Waals surface area (Å²) >= 11 is 0. The Hall–Kier alpha value is -1.62. The molecule has 0 aromatic carbocycles. The van der Waals surface area contributed by atoms with Gasteiger partial charge in [0.1, 0.15) is 0 Å². The lowest BCUT2D eigenvalue weighted by molar-refractivity contribution is 0.159. The monoisotopic (exact) mass is 302 g/mol. The highest BCUT2D eigenvalue weighted by molar-refractivity contribution is 5.16. The third-order valence-corrected chi connectivity index (χ3v) is 4.58. The predicted octanol–water partition coefficient (Wildman–Crippen LogP) is 3.63. The summed E-state index contributed by atoms with van der Waals surface area (Å²) in [6.45, 7) is 9.20. The lowest BCUT2D eigenvalue weighted by Gasteiger charge is -2.27. The average Bonchev–Trinajstić information content (AvgIpc) is 3.00. The second-order valence-electron chi connectivity index (χ2n) is 6.30. The van der Waals surface area contributed by atoms with Crippen LogP contribution in [0.15, 0.2) is 16.8 Å². The van der Waals surface area contributed by atoms with Gasteiger partial charge in [-0.1, -0.05) is 18.0 Å². The molecule has 2 aromatic rings. The smallest absolute Gasteiger partial charge is 0.154 e. The van der Waals surface area contributed by atoms with Crippen molar-refractivity contribution in [3.63, 3.8) is 0 Å². The summed E-state index contributed by atoms with van der Waals surface area (Å²) < 4.78 is 7.60. The Morgan fingerprint density at radius 2 is 2.14 bits per heavy atom. The van der Waals surface area contributed by atoms with Gasteiger partial charge in [0.25, 0.3) is 0 Å². The second kappa shape index (κ2) is 6.65. The van der Waals surface area contributed by atoms with E-state index < -0.39 is 0 Å². The van der Waals surface area contributed by atoms with Gasteiger partial charge in [0.2, 0.25) is 0 Å². The third kappa shape index (κ3) is 3.24. The zero-order valence-electron chi connectivity index (χ0n) is 13.9. The van der Waals surface area contributed by atoms with E-state index in [4.69, 9.17) is 4.52 Å². The van der Waals surface area contributed by atoms with Crippen LogP contribution in [-0.2, 0) is 13.1 Å². The minimum Gasteiger partial charge on any atom is -0.359 e. The molecule has 1 saturated heterocycles. The summed E-state index contributed by atoms with van der Waals surface area (Å²) in [7, 11) is 0. The molecule has 1 unspecified atom stereocenters. The molecule has 0 bridgehead atoms. The Morgan fingerprint density at radius 3 is 2.82 bits per heavy atom. The molecule has 22 heavy (non-hydrogen) atoms. The van der Waals surface area contributed by atoms with Crippen LogP contribution in [0.25, 0.3) is 0 Å². The lowest BCUT2D eigenvalue weighted by atomic mass is 10.1. The minimum atomic E-state index is 0.341. The van der Waals surface area contributed by atoms with Gasteiger partial charge < -0.3 is 4.52 Å². The highest BCUT2D eigenvalue weighted by atomic mass is 16.5. The number of hydrogen-bond acceptors (Lipinski definition) is 4. The molecule has 1 aliphatic rings. The van der Waals surface area contributed by atoms with E-state index in [1.165, 1.54) is 24.8 Å². The maximum absolute atomic E-state index is 5.57. The van der Waals surface area contributed by atoms with Gasteiger partial charge in [0.15, 0.2) is 5.76 Å². The zero-order chi connectivity index (χ0) is 15.5. The first kappa shape index (κ1) is 15.3. The fraction of sp³-hybridized carbons (Fsp3) is 0.647. The first-order chi connectivity index (χ1) is 10.7. The van der Waals surface area contributed by atoms with Gasteiger partial charge in [-0.25, -0.2) is 0 Å². The molecule has 3 rings (SSSR count). The molecule has 0 radical (unpaired) electrons. The molecule has 120 valence electrons. The Bertz CT molecular complexity index is 616. The molecule has 2 aromatic heterocycles. The summed E-state index contributed by atoms with van der Waals surface area (Å²) in [4.78, 5) is 2.54. The van der Waals surface area contributed by atoms with E-state index in [0.29, 0.717) is 6.04 Å². The highest BCUT2D eigenvalue weighted by Crippen LogP contribution is 2.32. The second-order valence-corrected chi connectivity index (χ2v) is 6.30. The van der Waals surface area contributed by atoms with Gasteiger partial charge in [-0.05, 0) is 40.2 Å². The Labute approximate surface area is 132 Å². The molecule has 0 aliphatic carbocycles. The number of likely N-dealkylation sites (tertiary alicyclic amines) is 1. The Balaban J connectivity index is 1.82. The standard InChI is InChI=1S/C17H26N4O/c1-4-21-12-15(14(3)18-21)11-20-9-7-5-6-8-16(20)17-10-13(2)19-22-17/h10,12,16H,4-9,11H2,1-3H3. The highest BCUT2D eigenvalue weighted by Gasteiger charge is 2.26. The van der Waals surface area contributed by atoms with Gasteiger partial charge in [-0.3, -0.25) is 9.58 Å². The van der Waals surface area contributed by atoms with Gasteiger partial charge >= 0.3 is 0 Å². The van der Waals surface area contributed by atoms with Crippen LogP contribution in [0.4, 0.5) is 0 Å². The van der Waals surface area contributed by atoms with Gasteiger partial charge in [-0.15, -0.1) is 0 Å². The van der Waals surface area contributed by atoms with Crippen LogP contribution < -0.4 is 0 Å². The lowest BCUT2D eigenvalue weighted by Crippen LogP contribution is -2.28. The molecule has 0 saturated carbocycles. The number of aryl methyl sites for hydroxylation is 3. The number of rotatable bonds is 4. The molecule has 1 atom stereocenters. The molecular formula is C17H26N4O. The third-order valence-electron chi connectivity index (χ3n) is 4.58. The van der Waals surface area contributed by atoms with Crippen molar-refractivity contribution in [3.8, 4) is 0 Å². The fourth-order valence-electron chi connectivity index (χ4n) is 3.31. The van der Waals surface area contributed by atoms with Crippen molar-refractivity contribution < 1.29 is 4.52 Å². The van der Waals surface area contributed by atoms with Crippen LogP contribution >= 0.6 is 0 Å². The molecule has 0 amide bonds. The number of hydrogen-bond donors (Lipinski definition) is 0. The van der Waals surface area contributed by atoms with Crippen molar-refractivity contribution in [1.29, 1.82) is 0 Å². The fourth-order valence-corrected chi connectivity index (χ4v) is 3.31. The quantitative estimate of drug-likeness (QED) is 0.865. The van der Waals surface area contributed by atoms with Crippen molar-refractivity contribution in [2.24, 2.45) is 0 Å². The van der Waals surface area contributed by atoms with E-state index in [9.17, 15) is 0 Å². The van der Waals surface area contributed by atoms with Crippen molar-refractivity contribution >= 4 is 0 Å². The van der Waals surface area contributed by atoms with Gasteiger partial charge in [0, 0.05) is 30.9 Å². The van der Waals surface area contributed by atoms with Gasteiger partial charge in [-0.2, -0.15) is 5.10 Å². The van der Waals surface area contributed by atoms with Crippen molar-refractivity contribution in [1.82, 2.24) is 19.8 Å². The van der Waals surface area contributed by atoms with E-state index in [1.54, 1.807) is 0 Å². The topological polar surface area (TPSA) is 47.1 Å². The Morgan fingerprint density at radius 1 is 1.27 bits per heavy atom. The summed E-state index contributed by atoms with van der Waals surface area (Å²) in [6, 6.07) is 2.43. The minimum absolute atomic E-state index is 0.341. The normalized spacial score (nSPS) is 20.2. The zero-order valence-corrected chi connectivity index (χ0v) is 13.9.